The summed E-state index contributed by atoms with van der Waals surface area (Å²) in [6.45, 7) is 5.71. The number of nitrogens with zero attached hydrogens (tertiary/aromatic N) is 1. The summed E-state index contributed by atoms with van der Waals surface area (Å²) in [6.07, 6.45) is 0. The lowest BCUT2D eigenvalue weighted by Gasteiger charge is -2.31. The Balaban J connectivity index is 1.63. The molecule has 0 spiro atoms. The lowest BCUT2D eigenvalue weighted by molar-refractivity contribution is -0.126. The van der Waals surface area contributed by atoms with Gasteiger partial charge < -0.3 is 15.4 Å². The monoisotopic (exact) mass is 381 g/mol. The molecule has 0 radical (unpaired) electrons. The average molecular weight is 381 g/mol. The molecule has 2 fully saturated rings. The van der Waals surface area contributed by atoms with E-state index in [2.05, 4.69) is 10.6 Å². The molecule has 3 rings (SSSR count). The van der Waals surface area contributed by atoms with Gasteiger partial charge in [0.2, 0.25) is 15.9 Å². The van der Waals surface area contributed by atoms with Gasteiger partial charge in [-0.15, -0.1) is 0 Å². The van der Waals surface area contributed by atoms with Gasteiger partial charge in [0.1, 0.15) is 0 Å². The average Bonchev–Trinajstić information content (AvgIpc) is 2.59. The van der Waals surface area contributed by atoms with Gasteiger partial charge in [-0.2, -0.15) is 4.31 Å². The molecule has 7 nitrogen and oxygen atoms in total. The smallest absolute Gasteiger partial charge is 0.223 e. The van der Waals surface area contributed by atoms with E-state index in [0.29, 0.717) is 38.8 Å². The maximum absolute atomic E-state index is 12.7. The number of sulfonamides is 1. The molecule has 0 aliphatic carbocycles. The van der Waals surface area contributed by atoms with Crippen LogP contribution >= 0.6 is 0 Å². The first kappa shape index (κ1) is 19.3. The van der Waals surface area contributed by atoms with Gasteiger partial charge in [-0.05, 0) is 30.1 Å². The molecule has 0 bridgehead atoms. The van der Waals surface area contributed by atoms with Crippen molar-refractivity contribution in [2.24, 2.45) is 11.8 Å². The van der Waals surface area contributed by atoms with Crippen molar-refractivity contribution in [1.29, 1.82) is 0 Å². The molecule has 1 aromatic rings. The highest BCUT2D eigenvalue weighted by Gasteiger charge is 2.29. The number of hydrogen-bond donors (Lipinski definition) is 2. The third-order valence-corrected chi connectivity index (χ3v) is 7.03. The Hall–Kier alpha value is -1.48. The second-order valence-electron chi connectivity index (χ2n) is 6.96. The molecule has 2 aliphatic rings. The molecular formula is C18H27N3O4S. The van der Waals surface area contributed by atoms with E-state index in [1.807, 2.05) is 31.2 Å². The highest BCUT2D eigenvalue weighted by molar-refractivity contribution is 7.88. The number of carbonyl (C=O) groups excluding carboxylic acids is 1. The van der Waals surface area contributed by atoms with Gasteiger partial charge in [0.15, 0.2) is 0 Å². The molecule has 2 N–H and O–H groups in total. The summed E-state index contributed by atoms with van der Waals surface area (Å²) in [5.41, 5.74) is 1.58. The largest absolute Gasteiger partial charge is 0.379 e. The summed E-state index contributed by atoms with van der Waals surface area (Å²) < 4.78 is 32.0. The highest BCUT2D eigenvalue weighted by atomic mass is 32.2. The molecule has 144 valence electrons. The van der Waals surface area contributed by atoms with Gasteiger partial charge >= 0.3 is 0 Å². The van der Waals surface area contributed by atoms with Crippen LogP contribution in [0.25, 0.3) is 0 Å². The Morgan fingerprint density at radius 3 is 2.54 bits per heavy atom. The third-order valence-electron chi connectivity index (χ3n) is 5.21. The molecule has 1 unspecified atom stereocenters. The van der Waals surface area contributed by atoms with Crippen molar-refractivity contribution in [3.63, 3.8) is 0 Å². The normalized spacial score (nSPS) is 20.3. The van der Waals surface area contributed by atoms with Crippen molar-refractivity contribution < 1.29 is 17.9 Å². The zero-order valence-electron chi connectivity index (χ0n) is 15.1. The highest BCUT2D eigenvalue weighted by Crippen LogP contribution is 2.18. The van der Waals surface area contributed by atoms with E-state index in [0.717, 1.165) is 24.2 Å². The van der Waals surface area contributed by atoms with Gasteiger partial charge in [0.25, 0.3) is 0 Å². The minimum Gasteiger partial charge on any atom is -0.379 e. The first-order valence-corrected chi connectivity index (χ1v) is 10.7. The topological polar surface area (TPSA) is 87.7 Å². The summed E-state index contributed by atoms with van der Waals surface area (Å²) in [7, 11) is -3.39. The number of morpholine rings is 1. The molecule has 8 heteroatoms. The second kappa shape index (κ2) is 8.47. The van der Waals surface area contributed by atoms with Crippen LogP contribution in [0.3, 0.4) is 0 Å². The van der Waals surface area contributed by atoms with Crippen LogP contribution in [0.5, 0.6) is 0 Å². The summed E-state index contributed by atoms with van der Waals surface area (Å²) in [4.78, 5) is 12.3. The van der Waals surface area contributed by atoms with Crippen LogP contribution in [0.1, 0.15) is 18.1 Å². The van der Waals surface area contributed by atoms with E-state index in [-0.39, 0.29) is 17.6 Å². The molecule has 2 aliphatic heterocycles. The second-order valence-corrected chi connectivity index (χ2v) is 8.93. The molecule has 1 amide bonds. The molecule has 0 saturated carbocycles. The number of nitrogens with one attached hydrogen (secondary N) is 2. The fraction of sp³-hybridized carbons (Fsp3) is 0.611. The molecular weight excluding hydrogens is 354 g/mol. The molecule has 26 heavy (non-hydrogen) atoms. The maximum atomic E-state index is 12.7. The number of hydrogen-bond acceptors (Lipinski definition) is 5. The van der Waals surface area contributed by atoms with Gasteiger partial charge in [-0.25, -0.2) is 8.42 Å². The number of carbonyl (C=O) groups is 1. The number of amides is 1. The summed E-state index contributed by atoms with van der Waals surface area (Å²) in [6, 6.07) is 7.39. The lowest BCUT2D eigenvalue weighted by Crippen LogP contribution is -2.49. The number of ether oxygens (including phenoxy) is 1. The Morgan fingerprint density at radius 2 is 1.92 bits per heavy atom. The van der Waals surface area contributed by atoms with Crippen LogP contribution in [0.2, 0.25) is 0 Å². The van der Waals surface area contributed by atoms with E-state index < -0.39 is 10.0 Å². The van der Waals surface area contributed by atoms with Crippen molar-refractivity contribution in [3.8, 4) is 0 Å². The molecule has 1 aromatic carbocycles. The van der Waals surface area contributed by atoms with Crippen LogP contribution < -0.4 is 10.6 Å². The first-order valence-electron chi connectivity index (χ1n) is 9.08. The van der Waals surface area contributed by atoms with Gasteiger partial charge in [0, 0.05) is 25.6 Å². The molecule has 2 heterocycles. The van der Waals surface area contributed by atoms with E-state index >= 15 is 0 Å². The standard InChI is InChI=1S/C18H27N3O4S/c1-14(17-10-19-11-17)18(22)20-12-15-4-2-3-5-16(15)13-26(23,24)21-6-8-25-9-7-21/h2-5,14,17,19H,6-13H2,1H3,(H,20,22). The third kappa shape index (κ3) is 4.62. The first-order chi connectivity index (χ1) is 12.5. The molecule has 0 aromatic heterocycles. The number of benzene rings is 1. The minimum atomic E-state index is -3.39. The van der Waals surface area contributed by atoms with Crippen molar-refractivity contribution in [2.75, 3.05) is 39.4 Å². The van der Waals surface area contributed by atoms with Gasteiger partial charge in [0.05, 0.1) is 19.0 Å². The predicted molar refractivity (Wildman–Crippen MR) is 98.8 cm³/mol. The van der Waals surface area contributed by atoms with Crippen LogP contribution in [-0.4, -0.2) is 58.0 Å². The van der Waals surface area contributed by atoms with E-state index in [1.165, 1.54) is 4.31 Å². The van der Waals surface area contributed by atoms with Crippen LogP contribution in [0, 0.1) is 11.8 Å². The van der Waals surface area contributed by atoms with Crippen molar-refractivity contribution >= 4 is 15.9 Å². The van der Waals surface area contributed by atoms with Crippen LogP contribution in [-0.2, 0) is 31.9 Å². The maximum Gasteiger partial charge on any atom is 0.223 e. The Morgan fingerprint density at radius 1 is 1.27 bits per heavy atom. The van der Waals surface area contributed by atoms with E-state index in [1.54, 1.807) is 0 Å². The minimum absolute atomic E-state index is 0.0161. The number of rotatable bonds is 7. The van der Waals surface area contributed by atoms with Crippen molar-refractivity contribution in [3.05, 3.63) is 35.4 Å². The summed E-state index contributed by atoms with van der Waals surface area (Å²) in [5.74, 6) is 0.302. The quantitative estimate of drug-likeness (QED) is 0.710. The fourth-order valence-electron chi connectivity index (χ4n) is 3.21. The van der Waals surface area contributed by atoms with Crippen LogP contribution in [0.15, 0.2) is 24.3 Å². The zero-order chi connectivity index (χ0) is 18.6. The summed E-state index contributed by atoms with van der Waals surface area (Å²) in [5, 5.41) is 6.13. The lowest BCUT2D eigenvalue weighted by atomic mass is 9.88. The Bertz CT molecular complexity index is 728. The zero-order valence-corrected chi connectivity index (χ0v) is 15.9. The molecule has 1 atom stereocenters. The SMILES string of the molecule is CC(C(=O)NCc1ccccc1CS(=O)(=O)N1CCOCC1)C1CNC1. The van der Waals surface area contributed by atoms with E-state index in [4.69, 9.17) is 4.74 Å². The van der Waals surface area contributed by atoms with E-state index in [9.17, 15) is 13.2 Å². The van der Waals surface area contributed by atoms with Crippen molar-refractivity contribution in [1.82, 2.24) is 14.9 Å². The Kier molecular flexibility index (Phi) is 6.29. The van der Waals surface area contributed by atoms with Crippen LogP contribution in [0.4, 0.5) is 0 Å². The fourth-order valence-corrected chi connectivity index (χ4v) is 4.77. The Labute approximate surface area is 155 Å². The van der Waals surface area contributed by atoms with Crippen molar-refractivity contribution in [2.45, 2.75) is 19.2 Å². The van der Waals surface area contributed by atoms with Gasteiger partial charge in [-0.3, -0.25) is 4.79 Å². The predicted octanol–water partition coefficient (Wildman–Crippen LogP) is 0.320. The molecule has 2 saturated heterocycles. The summed E-state index contributed by atoms with van der Waals surface area (Å²) >= 11 is 0. The van der Waals surface area contributed by atoms with Gasteiger partial charge in [-0.1, -0.05) is 31.2 Å².